The summed E-state index contributed by atoms with van der Waals surface area (Å²) in [5, 5.41) is 22.3. The van der Waals surface area contributed by atoms with E-state index in [1.54, 1.807) is 0 Å². The third-order valence-corrected chi connectivity index (χ3v) is 2.91. The van der Waals surface area contributed by atoms with Crippen molar-refractivity contribution in [2.75, 3.05) is 6.54 Å². The quantitative estimate of drug-likeness (QED) is 0.692. The maximum Gasteiger partial charge on any atom is 0.326 e. The van der Waals surface area contributed by atoms with E-state index >= 15 is 0 Å². The lowest BCUT2D eigenvalue weighted by Gasteiger charge is -2.20. The lowest BCUT2D eigenvalue weighted by molar-refractivity contribution is -0.148. The molecule has 1 saturated heterocycles. The Morgan fingerprint density at radius 3 is 2.83 bits per heavy atom. The number of rotatable bonds is 4. The summed E-state index contributed by atoms with van der Waals surface area (Å²) in [5.41, 5.74) is 0. The molecule has 0 radical (unpaired) electrons. The van der Waals surface area contributed by atoms with Gasteiger partial charge < -0.3 is 15.1 Å². The van der Waals surface area contributed by atoms with E-state index in [1.165, 1.54) is 22.2 Å². The van der Waals surface area contributed by atoms with Crippen molar-refractivity contribution in [3.8, 4) is 0 Å². The summed E-state index contributed by atoms with van der Waals surface area (Å²) in [7, 11) is 0. The van der Waals surface area contributed by atoms with Crippen LogP contribution in [0.5, 0.6) is 0 Å². The minimum absolute atomic E-state index is 0.0765. The van der Waals surface area contributed by atoms with Gasteiger partial charge in [-0.1, -0.05) is 0 Å². The van der Waals surface area contributed by atoms with E-state index < -0.39 is 18.1 Å². The Balaban J connectivity index is 1.93. The van der Waals surface area contributed by atoms with E-state index in [2.05, 4.69) is 10.1 Å². The van der Waals surface area contributed by atoms with Crippen LogP contribution in [-0.2, 0) is 16.1 Å². The van der Waals surface area contributed by atoms with Gasteiger partial charge in [0.25, 0.3) is 0 Å². The first-order chi connectivity index (χ1) is 8.58. The molecule has 2 rings (SSSR count). The van der Waals surface area contributed by atoms with E-state index in [0.29, 0.717) is 6.54 Å². The summed E-state index contributed by atoms with van der Waals surface area (Å²) in [6, 6.07) is -0.928. The van der Waals surface area contributed by atoms with E-state index in [0.717, 1.165) is 0 Å². The molecule has 2 N–H and O–H groups in total. The number of hydrogen-bond acceptors (Lipinski definition) is 5. The van der Waals surface area contributed by atoms with Crippen LogP contribution in [0.1, 0.15) is 12.8 Å². The summed E-state index contributed by atoms with van der Waals surface area (Å²) in [5.74, 6) is -1.38. The standard InChI is InChI=1S/C10H14N4O4/c15-7-3-8(10(17)18)14(4-7)9(16)1-2-13-6-11-5-12-13/h5-8,15H,1-4H2,(H,17,18)/t7-,8-/m0/s1. The molecule has 2 heterocycles. The number of aliphatic carboxylic acids is 1. The first-order valence-corrected chi connectivity index (χ1v) is 5.60. The van der Waals surface area contributed by atoms with Gasteiger partial charge in [-0.25, -0.2) is 9.78 Å². The molecular weight excluding hydrogens is 240 g/mol. The van der Waals surface area contributed by atoms with Gasteiger partial charge in [0.15, 0.2) is 0 Å². The number of carboxylic acid groups (broad SMARTS) is 1. The number of carboxylic acids is 1. The number of amides is 1. The summed E-state index contributed by atoms with van der Waals surface area (Å²) in [4.78, 5) is 27.8. The van der Waals surface area contributed by atoms with Crippen LogP contribution >= 0.6 is 0 Å². The minimum Gasteiger partial charge on any atom is -0.480 e. The molecule has 8 nitrogen and oxygen atoms in total. The van der Waals surface area contributed by atoms with E-state index in [9.17, 15) is 14.7 Å². The second-order valence-electron chi connectivity index (χ2n) is 4.20. The van der Waals surface area contributed by atoms with Crippen molar-refractivity contribution < 1.29 is 19.8 Å². The Morgan fingerprint density at radius 2 is 2.22 bits per heavy atom. The molecule has 98 valence electrons. The predicted octanol–water partition coefficient (Wildman–Crippen LogP) is -1.29. The van der Waals surface area contributed by atoms with Crippen molar-refractivity contribution >= 4 is 11.9 Å². The Labute approximate surface area is 103 Å². The third kappa shape index (κ3) is 2.65. The molecule has 1 aliphatic heterocycles. The fraction of sp³-hybridized carbons (Fsp3) is 0.600. The second-order valence-corrected chi connectivity index (χ2v) is 4.20. The smallest absolute Gasteiger partial charge is 0.326 e. The summed E-state index contributed by atoms with van der Waals surface area (Å²) < 4.78 is 1.50. The number of carbonyl (C=O) groups is 2. The average Bonchev–Trinajstić information content (AvgIpc) is 2.94. The second kappa shape index (κ2) is 5.13. The average molecular weight is 254 g/mol. The molecular formula is C10H14N4O4. The molecule has 18 heavy (non-hydrogen) atoms. The SMILES string of the molecule is O=C(O)[C@@H]1C[C@H](O)CN1C(=O)CCn1cncn1. The molecule has 2 atom stereocenters. The van der Waals surface area contributed by atoms with E-state index in [4.69, 9.17) is 5.11 Å². The van der Waals surface area contributed by atoms with Gasteiger partial charge in [-0.3, -0.25) is 9.48 Å². The zero-order chi connectivity index (χ0) is 13.1. The molecule has 0 bridgehead atoms. The first-order valence-electron chi connectivity index (χ1n) is 5.60. The van der Waals surface area contributed by atoms with Crippen LogP contribution in [0.15, 0.2) is 12.7 Å². The Kier molecular flexibility index (Phi) is 3.56. The highest BCUT2D eigenvalue weighted by Crippen LogP contribution is 2.19. The van der Waals surface area contributed by atoms with Crippen molar-refractivity contribution in [3.05, 3.63) is 12.7 Å². The predicted molar refractivity (Wildman–Crippen MR) is 58.4 cm³/mol. The fourth-order valence-electron chi connectivity index (χ4n) is 2.03. The monoisotopic (exact) mass is 254 g/mol. The molecule has 1 aliphatic rings. The Morgan fingerprint density at radius 1 is 1.44 bits per heavy atom. The number of likely N-dealkylation sites (tertiary alicyclic amines) is 1. The van der Waals surface area contributed by atoms with Gasteiger partial charge in [0.2, 0.25) is 5.91 Å². The highest BCUT2D eigenvalue weighted by atomic mass is 16.4. The summed E-state index contributed by atoms with van der Waals surface area (Å²) in [6.07, 6.45) is 2.32. The minimum atomic E-state index is -1.08. The maximum atomic E-state index is 11.9. The molecule has 0 aliphatic carbocycles. The fourth-order valence-corrected chi connectivity index (χ4v) is 2.03. The molecule has 0 unspecified atom stereocenters. The molecule has 0 aromatic carbocycles. The first kappa shape index (κ1) is 12.5. The third-order valence-electron chi connectivity index (χ3n) is 2.91. The van der Waals surface area contributed by atoms with Crippen LogP contribution in [0.25, 0.3) is 0 Å². The molecule has 0 saturated carbocycles. The van der Waals surface area contributed by atoms with Gasteiger partial charge in [0.1, 0.15) is 18.7 Å². The zero-order valence-corrected chi connectivity index (χ0v) is 9.64. The van der Waals surface area contributed by atoms with Crippen LogP contribution in [0.4, 0.5) is 0 Å². The number of carbonyl (C=O) groups excluding carboxylic acids is 1. The number of aromatic nitrogens is 3. The highest BCUT2D eigenvalue weighted by molar-refractivity contribution is 5.84. The van der Waals surface area contributed by atoms with Crippen LogP contribution in [0, 0.1) is 0 Å². The van der Waals surface area contributed by atoms with Gasteiger partial charge in [-0.05, 0) is 0 Å². The van der Waals surface area contributed by atoms with Gasteiger partial charge in [-0.2, -0.15) is 5.10 Å². The number of aliphatic hydroxyl groups excluding tert-OH is 1. The van der Waals surface area contributed by atoms with Gasteiger partial charge in [-0.15, -0.1) is 0 Å². The van der Waals surface area contributed by atoms with Crippen LogP contribution in [-0.4, -0.2) is 60.4 Å². The number of aliphatic hydroxyl groups is 1. The van der Waals surface area contributed by atoms with Crippen molar-refractivity contribution in [2.45, 2.75) is 31.5 Å². The summed E-state index contributed by atoms with van der Waals surface area (Å²) >= 11 is 0. The molecule has 1 amide bonds. The van der Waals surface area contributed by atoms with Crippen molar-refractivity contribution in [3.63, 3.8) is 0 Å². The van der Waals surface area contributed by atoms with Crippen LogP contribution in [0.3, 0.4) is 0 Å². The maximum absolute atomic E-state index is 11.9. The van der Waals surface area contributed by atoms with E-state index in [-0.39, 0.29) is 25.3 Å². The number of β-amino-alcohol motifs (C(OH)–C–C–N with tert-alkyl or cyclic N) is 1. The Bertz CT molecular complexity index is 433. The molecule has 1 aromatic rings. The normalized spacial score (nSPS) is 23.3. The highest BCUT2D eigenvalue weighted by Gasteiger charge is 2.38. The topological polar surface area (TPSA) is 109 Å². The summed E-state index contributed by atoms with van der Waals surface area (Å²) in [6.45, 7) is 0.422. The van der Waals surface area contributed by atoms with E-state index in [1.807, 2.05) is 0 Å². The number of aryl methyl sites for hydroxylation is 1. The molecule has 0 spiro atoms. The lowest BCUT2D eigenvalue weighted by atomic mass is 10.2. The zero-order valence-electron chi connectivity index (χ0n) is 9.64. The molecule has 8 heteroatoms. The van der Waals surface area contributed by atoms with Gasteiger partial charge in [0.05, 0.1) is 12.6 Å². The van der Waals surface area contributed by atoms with Gasteiger partial charge in [0, 0.05) is 19.4 Å². The van der Waals surface area contributed by atoms with Crippen LogP contribution < -0.4 is 0 Å². The molecule has 1 fully saturated rings. The molecule has 1 aromatic heterocycles. The lowest BCUT2D eigenvalue weighted by Crippen LogP contribution is -2.40. The van der Waals surface area contributed by atoms with Gasteiger partial charge >= 0.3 is 5.97 Å². The van der Waals surface area contributed by atoms with Crippen molar-refractivity contribution in [1.29, 1.82) is 0 Å². The Hall–Kier alpha value is -1.96. The van der Waals surface area contributed by atoms with Crippen molar-refractivity contribution in [1.82, 2.24) is 19.7 Å². The van der Waals surface area contributed by atoms with Crippen LogP contribution in [0.2, 0.25) is 0 Å². The largest absolute Gasteiger partial charge is 0.480 e. The van der Waals surface area contributed by atoms with Crippen molar-refractivity contribution in [2.24, 2.45) is 0 Å². The number of nitrogens with zero attached hydrogens (tertiary/aromatic N) is 4. The number of hydrogen-bond donors (Lipinski definition) is 2.